The summed E-state index contributed by atoms with van der Waals surface area (Å²) in [5.41, 5.74) is 1.17. The number of fused-ring (bicyclic) bond motifs is 1. The van der Waals surface area contributed by atoms with Crippen molar-refractivity contribution >= 4 is 17.5 Å². The van der Waals surface area contributed by atoms with Crippen molar-refractivity contribution < 1.29 is 9.59 Å². The minimum atomic E-state index is -0.123. The van der Waals surface area contributed by atoms with E-state index in [9.17, 15) is 9.59 Å². The number of carbonyl (C=O) groups is 2. The number of anilines is 1. The average molecular weight is 286 g/mol. The summed E-state index contributed by atoms with van der Waals surface area (Å²) < 4.78 is 0. The van der Waals surface area contributed by atoms with Crippen LogP contribution in [-0.2, 0) is 4.79 Å². The summed E-state index contributed by atoms with van der Waals surface area (Å²) >= 11 is 0. The van der Waals surface area contributed by atoms with Crippen molar-refractivity contribution in [2.24, 2.45) is 17.8 Å². The molecule has 2 aliphatic carbocycles. The van der Waals surface area contributed by atoms with Crippen LogP contribution in [0.2, 0.25) is 0 Å². The third kappa shape index (κ3) is 3.09. The van der Waals surface area contributed by atoms with Gasteiger partial charge in [0, 0.05) is 12.5 Å². The molecule has 0 radical (unpaired) electrons. The second-order valence-electron chi connectivity index (χ2n) is 6.21. The van der Waals surface area contributed by atoms with Gasteiger partial charge in [0.05, 0.1) is 11.3 Å². The largest absolute Gasteiger partial charge is 0.352 e. The van der Waals surface area contributed by atoms with E-state index in [0.717, 1.165) is 31.1 Å². The van der Waals surface area contributed by atoms with E-state index in [1.54, 1.807) is 12.1 Å². The van der Waals surface area contributed by atoms with Crippen LogP contribution in [0.25, 0.3) is 0 Å². The number of hydrogen-bond acceptors (Lipinski definition) is 2. The molecule has 4 nitrogen and oxygen atoms in total. The monoisotopic (exact) mass is 286 g/mol. The van der Waals surface area contributed by atoms with E-state index in [2.05, 4.69) is 10.6 Å². The maximum absolute atomic E-state index is 12.3. The van der Waals surface area contributed by atoms with Gasteiger partial charge in [0.2, 0.25) is 5.91 Å². The van der Waals surface area contributed by atoms with Crippen molar-refractivity contribution in [1.82, 2.24) is 5.32 Å². The van der Waals surface area contributed by atoms with Crippen LogP contribution in [0.3, 0.4) is 0 Å². The van der Waals surface area contributed by atoms with Crippen LogP contribution in [0.5, 0.6) is 0 Å². The maximum Gasteiger partial charge on any atom is 0.253 e. The lowest BCUT2D eigenvalue weighted by molar-refractivity contribution is -0.120. The van der Waals surface area contributed by atoms with Gasteiger partial charge in [-0.2, -0.15) is 0 Å². The van der Waals surface area contributed by atoms with Crippen LogP contribution in [-0.4, -0.2) is 18.4 Å². The summed E-state index contributed by atoms with van der Waals surface area (Å²) in [6.45, 7) is 2.66. The summed E-state index contributed by atoms with van der Waals surface area (Å²) in [5, 5.41) is 5.81. The van der Waals surface area contributed by atoms with Crippen LogP contribution in [0, 0.1) is 17.8 Å². The Balaban J connectivity index is 1.66. The van der Waals surface area contributed by atoms with Gasteiger partial charge in [-0.1, -0.05) is 19.1 Å². The fourth-order valence-electron chi connectivity index (χ4n) is 3.29. The van der Waals surface area contributed by atoms with Gasteiger partial charge < -0.3 is 10.6 Å². The summed E-state index contributed by atoms with van der Waals surface area (Å²) in [6.07, 6.45) is 4.23. The van der Waals surface area contributed by atoms with Gasteiger partial charge in [-0.3, -0.25) is 9.59 Å². The Bertz CT molecular complexity index is 545. The Hall–Kier alpha value is -1.84. The highest BCUT2D eigenvalue weighted by Crippen LogP contribution is 2.54. The second-order valence-corrected chi connectivity index (χ2v) is 6.21. The first-order chi connectivity index (χ1) is 10.2. The molecule has 2 amide bonds. The van der Waals surface area contributed by atoms with Gasteiger partial charge >= 0.3 is 0 Å². The predicted octanol–water partition coefficient (Wildman–Crippen LogP) is 2.81. The van der Waals surface area contributed by atoms with E-state index in [-0.39, 0.29) is 17.7 Å². The highest BCUT2D eigenvalue weighted by atomic mass is 16.2. The topological polar surface area (TPSA) is 58.2 Å². The SMILES string of the molecule is CCCNC(=O)c1ccccc1NC(=O)C1CC2CC2C1. The Morgan fingerprint density at radius 2 is 1.86 bits per heavy atom. The van der Waals surface area contributed by atoms with E-state index in [1.807, 2.05) is 19.1 Å². The number of rotatable bonds is 5. The Kier molecular flexibility index (Phi) is 3.95. The number of nitrogens with one attached hydrogen (secondary N) is 2. The standard InChI is InChI=1S/C17H22N2O2/c1-2-7-18-17(21)14-5-3-4-6-15(14)19-16(20)13-9-11-8-12(11)10-13/h3-6,11-13H,2,7-10H2,1H3,(H,18,21)(H,19,20). The molecule has 1 aromatic carbocycles. The number of carbonyl (C=O) groups excluding carboxylic acids is 2. The summed E-state index contributed by atoms with van der Waals surface area (Å²) in [4.78, 5) is 24.5. The van der Waals surface area contributed by atoms with Crippen LogP contribution in [0.15, 0.2) is 24.3 Å². The van der Waals surface area contributed by atoms with Crippen LogP contribution in [0.4, 0.5) is 5.69 Å². The maximum atomic E-state index is 12.3. The highest BCUT2D eigenvalue weighted by molar-refractivity contribution is 6.04. The minimum Gasteiger partial charge on any atom is -0.352 e. The molecule has 0 heterocycles. The number of hydrogen-bond donors (Lipinski definition) is 2. The molecule has 2 N–H and O–H groups in total. The molecular weight excluding hydrogens is 264 g/mol. The number of para-hydroxylation sites is 1. The molecule has 0 saturated heterocycles. The molecule has 2 unspecified atom stereocenters. The molecule has 0 aromatic heterocycles. The Morgan fingerprint density at radius 3 is 2.57 bits per heavy atom. The first-order valence-corrected chi connectivity index (χ1v) is 7.87. The zero-order valence-corrected chi connectivity index (χ0v) is 12.4. The van der Waals surface area contributed by atoms with Crippen molar-refractivity contribution in [2.45, 2.75) is 32.6 Å². The molecule has 2 saturated carbocycles. The average Bonchev–Trinajstić information content (AvgIpc) is 3.11. The van der Waals surface area contributed by atoms with Gasteiger partial charge in [-0.25, -0.2) is 0 Å². The van der Waals surface area contributed by atoms with Crippen LogP contribution >= 0.6 is 0 Å². The van der Waals surface area contributed by atoms with Crippen molar-refractivity contribution in [2.75, 3.05) is 11.9 Å². The molecule has 0 bridgehead atoms. The molecule has 3 rings (SSSR count). The van der Waals surface area contributed by atoms with Gasteiger partial charge in [-0.15, -0.1) is 0 Å². The fraction of sp³-hybridized carbons (Fsp3) is 0.529. The lowest BCUT2D eigenvalue weighted by Gasteiger charge is -2.15. The molecule has 2 fully saturated rings. The van der Waals surface area contributed by atoms with E-state index in [1.165, 1.54) is 6.42 Å². The molecule has 0 spiro atoms. The minimum absolute atomic E-state index is 0.0675. The van der Waals surface area contributed by atoms with E-state index in [4.69, 9.17) is 0 Å². The van der Waals surface area contributed by atoms with Gasteiger partial charge in [0.1, 0.15) is 0 Å². The van der Waals surface area contributed by atoms with Gasteiger partial charge in [0.15, 0.2) is 0 Å². The smallest absolute Gasteiger partial charge is 0.253 e. The fourth-order valence-corrected chi connectivity index (χ4v) is 3.29. The molecule has 0 aliphatic heterocycles. The van der Waals surface area contributed by atoms with Crippen molar-refractivity contribution in [3.63, 3.8) is 0 Å². The normalized spacial score (nSPS) is 26.0. The zero-order chi connectivity index (χ0) is 14.8. The van der Waals surface area contributed by atoms with Crippen molar-refractivity contribution in [3.8, 4) is 0 Å². The van der Waals surface area contributed by atoms with Crippen LogP contribution in [0.1, 0.15) is 43.0 Å². The third-order valence-corrected chi connectivity index (χ3v) is 4.58. The first-order valence-electron chi connectivity index (χ1n) is 7.87. The first kappa shape index (κ1) is 14.1. The Labute approximate surface area is 125 Å². The Morgan fingerprint density at radius 1 is 1.14 bits per heavy atom. The third-order valence-electron chi connectivity index (χ3n) is 4.58. The van der Waals surface area contributed by atoms with Crippen LogP contribution < -0.4 is 10.6 Å². The molecule has 4 heteroatoms. The molecule has 112 valence electrons. The summed E-state index contributed by atoms with van der Waals surface area (Å²) in [7, 11) is 0. The molecule has 2 aliphatic rings. The highest BCUT2D eigenvalue weighted by Gasteiger charge is 2.48. The van der Waals surface area contributed by atoms with E-state index >= 15 is 0 Å². The molecular formula is C17H22N2O2. The molecule has 1 aromatic rings. The zero-order valence-electron chi connectivity index (χ0n) is 12.4. The molecule has 2 atom stereocenters. The quantitative estimate of drug-likeness (QED) is 0.874. The summed E-state index contributed by atoms with van der Waals surface area (Å²) in [6, 6.07) is 7.22. The van der Waals surface area contributed by atoms with Gasteiger partial charge in [-0.05, 0) is 49.7 Å². The van der Waals surface area contributed by atoms with Crippen molar-refractivity contribution in [3.05, 3.63) is 29.8 Å². The number of amides is 2. The lowest BCUT2D eigenvalue weighted by atomic mass is 10.0. The lowest BCUT2D eigenvalue weighted by Crippen LogP contribution is -2.27. The summed E-state index contributed by atoms with van der Waals surface area (Å²) in [5.74, 6) is 1.63. The predicted molar refractivity (Wildman–Crippen MR) is 82.0 cm³/mol. The number of benzene rings is 1. The van der Waals surface area contributed by atoms with Gasteiger partial charge in [0.25, 0.3) is 5.91 Å². The van der Waals surface area contributed by atoms with E-state index < -0.39 is 0 Å². The second kappa shape index (κ2) is 5.88. The van der Waals surface area contributed by atoms with E-state index in [0.29, 0.717) is 17.8 Å². The van der Waals surface area contributed by atoms with Crippen molar-refractivity contribution in [1.29, 1.82) is 0 Å². The molecule has 21 heavy (non-hydrogen) atoms.